The molecule has 5 aromatic rings. The third-order valence-corrected chi connectivity index (χ3v) is 9.83. The normalized spacial score (nSPS) is 22.7. The third-order valence-electron chi connectivity index (χ3n) is 9.83. The van der Waals surface area contributed by atoms with E-state index >= 15 is 0 Å². The fraction of sp³-hybridized carbons (Fsp3) is 0.325. The Bertz CT molecular complexity index is 1880. The molecule has 2 saturated heterocycles. The predicted molar refractivity (Wildman–Crippen MR) is 187 cm³/mol. The van der Waals surface area contributed by atoms with E-state index in [9.17, 15) is 15.0 Å². The molecule has 49 heavy (non-hydrogen) atoms. The summed E-state index contributed by atoms with van der Waals surface area (Å²) in [6, 6.07) is 32.0. The number of amides is 1. The molecular formula is C40H42N4O5. The minimum absolute atomic E-state index is 0.00235. The average molecular weight is 659 g/mol. The second-order valence-corrected chi connectivity index (χ2v) is 13.0. The fourth-order valence-electron chi connectivity index (χ4n) is 6.93. The Kier molecular flexibility index (Phi) is 10.1. The van der Waals surface area contributed by atoms with Gasteiger partial charge in [0.15, 0.2) is 6.29 Å². The van der Waals surface area contributed by atoms with Gasteiger partial charge in [-0.1, -0.05) is 85.8 Å². The van der Waals surface area contributed by atoms with Gasteiger partial charge in [-0.25, -0.2) is 4.98 Å². The number of aliphatic hydroxyl groups excluding tert-OH is 2. The highest BCUT2D eigenvalue weighted by molar-refractivity contribution is 5.93. The summed E-state index contributed by atoms with van der Waals surface area (Å²) >= 11 is 0. The molecule has 7 rings (SSSR count). The number of hydrogen-bond acceptors (Lipinski definition) is 8. The molecule has 5 atom stereocenters. The van der Waals surface area contributed by atoms with E-state index in [1.54, 1.807) is 0 Å². The summed E-state index contributed by atoms with van der Waals surface area (Å²) in [6.07, 6.45) is 2.72. The molecule has 9 heteroatoms. The van der Waals surface area contributed by atoms with Gasteiger partial charge in [-0.15, -0.1) is 0 Å². The zero-order valence-electron chi connectivity index (χ0n) is 27.6. The molecule has 2 aliphatic rings. The van der Waals surface area contributed by atoms with Gasteiger partial charge in [0.2, 0.25) is 0 Å². The average Bonchev–Trinajstić information content (AvgIpc) is 3.61. The van der Waals surface area contributed by atoms with Gasteiger partial charge in [0, 0.05) is 30.6 Å². The molecule has 4 aromatic carbocycles. The molecule has 1 aromatic heterocycles. The lowest BCUT2D eigenvalue weighted by atomic mass is 9.89. The fourth-order valence-corrected chi connectivity index (χ4v) is 6.93. The van der Waals surface area contributed by atoms with E-state index < -0.39 is 6.29 Å². The van der Waals surface area contributed by atoms with Crippen molar-refractivity contribution in [3.63, 3.8) is 0 Å². The molecule has 3 heterocycles. The van der Waals surface area contributed by atoms with Crippen molar-refractivity contribution in [2.75, 3.05) is 19.7 Å². The molecule has 0 aliphatic carbocycles. The van der Waals surface area contributed by atoms with Crippen LogP contribution in [-0.2, 0) is 22.6 Å². The zero-order chi connectivity index (χ0) is 33.7. The summed E-state index contributed by atoms with van der Waals surface area (Å²) in [4.78, 5) is 24.0. The number of hydrogen-bond donors (Lipinski definition) is 3. The maximum absolute atomic E-state index is 12.9. The van der Waals surface area contributed by atoms with E-state index in [0.29, 0.717) is 12.1 Å². The van der Waals surface area contributed by atoms with Gasteiger partial charge in [0.05, 0.1) is 42.7 Å². The van der Waals surface area contributed by atoms with Gasteiger partial charge in [0.1, 0.15) is 5.69 Å². The van der Waals surface area contributed by atoms with Gasteiger partial charge >= 0.3 is 0 Å². The summed E-state index contributed by atoms with van der Waals surface area (Å²) in [5, 5.41) is 22.5. The quantitative estimate of drug-likeness (QED) is 0.168. The molecule has 0 saturated carbocycles. The van der Waals surface area contributed by atoms with Crippen LogP contribution in [0.3, 0.4) is 0 Å². The Hall–Kier alpha value is -4.51. The van der Waals surface area contributed by atoms with Crippen molar-refractivity contribution in [2.24, 2.45) is 5.92 Å². The first-order valence-corrected chi connectivity index (χ1v) is 17.0. The number of nitrogens with zero attached hydrogens (tertiary/aromatic N) is 3. The number of carbonyl (C=O) groups excluding carboxylic acids is 1. The predicted octanol–water partition coefficient (Wildman–Crippen LogP) is 5.97. The van der Waals surface area contributed by atoms with Crippen LogP contribution in [0.2, 0.25) is 0 Å². The van der Waals surface area contributed by atoms with E-state index in [4.69, 9.17) is 9.47 Å². The van der Waals surface area contributed by atoms with Crippen LogP contribution in [0.5, 0.6) is 0 Å². The highest BCUT2D eigenvalue weighted by Gasteiger charge is 2.40. The molecule has 0 bridgehead atoms. The topological polar surface area (TPSA) is 117 Å². The van der Waals surface area contributed by atoms with Crippen molar-refractivity contribution in [3.05, 3.63) is 131 Å². The summed E-state index contributed by atoms with van der Waals surface area (Å²) in [6.45, 7) is 4.36. The van der Waals surface area contributed by atoms with Crippen LogP contribution in [-0.4, -0.2) is 62.8 Å². The third kappa shape index (κ3) is 7.41. The number of rotatable bonds is 10. The van der Waals surface area contributed by atoms with Crippen molar-refractivity contribution >= 4 is 16.9 Å². The SMILES string of the molecule is C[C@@H]1[C@H](CN2CCC[C@H]2CO)O[C@H](c2ccc(-c3cccc(CNC(=O)c4cnc5ccccc5n4)c3)cc2)O[C@@H]1c1ccc(CO)cc1. The number of benzene rings is 4. The molecule has 2 fully saturated rings. The molecule has 0 radical (unpaired) electrons. The first-order chi connectivity index (χ1) is 24.0. The maximum atomic E-state index is 12.9. The number of fused-ring (bicyclic) bond motifs is 1. The number of aromatic nitrogens is 2. The number of carbonyl (C=O) groups is 1. The largest absolute Gasteiger partial charge is 0.395 e. The van der Waals surface area contributed by atoms with Gasteiger partial charge in [0.25, 0.3) is 5.91 Å². The number of ether oxygens (including phenoxy) is 2. The van der Waals surface area contributed by atoms with Crippen LogP contribution in [0.15, 0.2) is 103 Å². The summed E-state index contributed by atoms with van der Waals surface area (Å²) in [5.74, 6) is -0.195. The summed E-state index contributed by atoms with van der Waals surface area (Å²) in [7, 11) is 0. The smallest absolute Gasteiger partial charge is 0.271 e. The van der Waals surface area contributed by atoms with Gasteiger partial charge in [-0.2, -0.15) is 0 Å². The molecule has 3 N–H and O–H groups in total. The van der Waals surface area contributed by atoms with E-state index in [1.807, 2.05) is 60.7 Å². The number of para-hydroxylation sites is 2. The summed E-state index contributed by atoms with van der Waals surface area (Å²) < 4.78 is 13.3. The number of aliphatic hydroxyl groups is 2. The van der Waals surface area contributed by atoms with Crippen LogP contribution < -0.4 is 5.32 Å². The Balaban J connectivity index is 1.06. The van der Waals surface area contributed by atoms with Crippen molar-refractivity contribution in [1.29, 1.82) is 0 Å². The monoisotopic (exact) mass is 658 g/mol. The zero-order valence-corrected chi connectivity index (χ0v) is 27.6. The van der Waals surface area contributed by atoms with Crippen molar-refractivity contribution in [3.8, 4) is 11.1 Å². The lowest BCUT2D eigenvalue weighted by Gasteiger charge is -2.43. The highest BCUT2D eigenvalue weighted by Crippen LogP contribution is 2.42. The number of nitrogens with one attached hydrogen (secondary N) is 1. The van der Waals surface area contributed by atoms with E-state index in [1.165, 1.54) is 6.20 Å². The minimum Gasteiger partial charge on any atom is -0.395 e. The Morgan fingerprint density at radius 1 is 0.878 bits per heavy atom. The molecule has 252 valence electrons. The first kappa shape index (κ1) is 33.0. The van der Waals surface area contributed by atoms with Crippen LogP contribution in [0.25, 0.3) is 22.2 Å². The van der Waals surface area contributed by atoms with Crippen LogP contribution >= 0.6 is 0 Å². The second-order valence-electron chi connectivity index (χ2n) is 13.0. The first-order valence-electron chi connectivity index (χ1n) is 17.0. The van der Waals surface area contributed by atoms with E-state index in [2.05, 4.69) is 63.5 Å². The van der Waals surface area contributed by atoms with Crippen LogP contribution in [0.4, 0.5) is 0 Å². The Morgan fingerprint density at radius 3 is 2.43 bits per heavy atom. The lowest BCUT2D eigenvalue weighted by molar-refractivity contribution is -0.276. The highest BCUT2D eigenvalue weighted by atomic mass is 16.7. The summed E-state index contributed by atoms with van der Waals surface area (Å²) in [5.41, 5.74) is 7.60. The second kappa shape index (κ2) is 14.9. The van der Waals surface area contributed by atoms with Gasteiger partial charge in [-0.05, 0) is 65.4 Å². The van der Waals surface area contributed by atoms with E-state index in [0.717, 1.165) is 64.8 Å². The number of likely N-dealkylation sites (tertiary alicyclic amines) is 1. The molecule has 1 amide bonds. The standard InChI is InChI=1S/C40H42N4O5/c1-26-37(23-44-19-5-8-33(44)25-46)48-40(49-38(26)30-13-11-27(24-45)12-14-30)31-17-15-29(16-18-31)32-7-4-6-28(20-32)21-42-39(47)36-22-41-34-9-2-3-10-35(34)43-36/h2-4,6-7,9-18,20,22,26,33,37-38,40,45-46H,5,8,19,21,23-25H2,1H3,(H,42,47)/t26-,33+,37+,38+,40+/m1/s1. The maximum Gasteiger partial charge on any atom is 0.271 e. The molecule has 2 aliphatic heterocycles. The van der Waals surface area contributed by atoms with Crippen LogP contribution in [0, 0.1) is 5.92 Å². The van der Waals surface area contributed by atoms with Crippen LogP contribution in [0.1, 0.15) is 64.9 Å². The molecule has 9 nitrogen and oxygen atoms in total. The lowest BCUT2D eigenvalue weighted by Crippen LogP contribution is -2.46. The van der Waals surface area contributed by atoms with E-state index in [-0.39, 0.29) is 49.0 Å². The van der Waals surface area contributed by atoms with Gasteiger partial charge < -0.3 is 25.0 Å². The van der Waals surface area contributed by atoms with Gasteiger partial charge in [-0.3, -0.25) is 14.7 Å². The molecule has 0 unspecified atom stereocenters. The molecule has 0 spiro atoms. The van der Waals surface area contributed by atoms with Crippen molar-refractivity contribution in [2.45, 2.75) is 57.5 Å². The Labute approximate surface area is 286 Å². The minimum atomic E-state index is -0.562. The van der Waals surface area contributed by atoms with Crippen molar-refractivity contribution in [1.82, 2.24) is 20.2 Å². The van der Waals surface area contributed by atoms with Crippen molar-refractivity contribution < 1.29 is 24.5 Å². The molecular weight excluding hydrogens is 616 g/mol. The Morgan fingerprint density at radius 2 is 1.65 bits per heavy atom.